The van der Waals surface area contributed by atoms with Crippen molar-refractivity contribution in [3.63, 3.8) is 0 Å². The van der Waals surface area contributed by atoms with Crippen molar-refractivity contribution in [3.05, 3.63) is 41.7 Å². The third-order valence-electron chi connectivity index (χ3n) is 5.05. The van der Waals surface area contributed by atoms with Gasteiger partial charge in [0.25, 0.3) is 0 Å². The van der Waals surface area contributed by atoms with E-state index in [1.807, 2.05) is 0 Å². The first-order chi connectivity index (χ1) is 9.08. The SMILES string of the molecule is CC1=C[C@H](C)[C@H]2CO[C@@H](c3ccc[n+](C)c3)[C@@H]1[C@@H]2C. The first kappa shape index (κ1) is 12.9. The normalized spacial score (nSPS) is 37.9. The molecule has 2 aliphatic rings. The second-order valence-corrected chi connectivity index (χ2v) is 6.38. The maximum Gasteiger partial charge on any atom is 0.174 e. The summed E-state index contributed by atoms with van der Waals surface area (Å²) in [5.41, 5.74) is 2.81. The van der Waals surface area contributed by atoms with Crippen LogP contribution in [0.1, 0.15) is 32.4 Å². The van der Waals surface area contributed by atoms with Crippen LogP contribution in [-0.2, 0) is 11.8 Å². The Morgan fingerprint density at radius 3 is 2.84 bits per heavy atom. The van der Waals surface area contributed by atoms with Crippen LogP contribution in [0.2, 0.25) is 0 Å². The van der Waals surface area contributed by atoms with E-state index >= 15 is 0 Å². The quantitative estimate of drug-likeness (QED) is 0.557. The Labute approximate surface area is 116 Å². The smallest absolute Gasteiger partial charge is 0.174 e. The molecule has 2 heteroatoms. The molecule has 1 aromatic heterocycles. The molecular weight excluding hydrogens is 234 g/mol. The molecule has 2 bridgehead atoms. The summed E-state index contributed by atoms with van der Waals surface area (Å²) >= 11 is 0. The Bertz CT molecular complexity index is 508. The highest BCUT2D eigenvalue weighted by Gasteiger charge is 2.44. The zero-order chi connectivity index (χ0) is 13.6. The first-order valence-electron chi connectivity index (χ1n) is 7.33. The number of allylic oxidation sites excluding steroid dienone is 1. The minimum absolute atomic E-state index is 0.224. The number of nitrogens with zero attached hydrogens (tertiary/aromatic N) is 1. The van der Waals surface area contributed by atoms with Crippen molar-refractivity contribution in [3.8, 4) is 0 Å². The van der Waals surface area contributed by atoms with E-state index in [0.29, 0.717) is 23.7 Å². The van der Waals surface area contributed by atoms with Gasteiger partial charge in [0.1, 0.15) is 7.05 Å². The number of aromatic nitrogens is 1. The average Bonchev–Trinajstić information content (AvgIpc) is 2.35. The average molecular weight is 258 g/mol. The van der Waals surface area contributed by atoms with Gasteiger partial charge >= 0.3 is 0 Å². The molecule has 5 atom stereocenters. The summed E-state index contributed by atoms with van der Waals surface area (Å²) in [7, 11) is 2.07. The van der Waals surface area contributed by atoms with Crippen molar-refractivity contribution in [2.24, 2.45) is 30.7 Å². The van der Waals surface area contributed by atoms with E-state index in [0.717, 1.165) is 6.61 Å². The van der Waals surface area contributed by atoms with Crippen molar-refractivity contribution >= 4 is 0 Å². The van der Waals surface area contributed by atoms with E-state index < -0.39 is 0 Å². The van der Waals surface area contributed by atoms with E-state index in [1.54, 1.807) is 0 Å². The van der Waals surface area contributed by atoms with Crippen LogP contribution in [0.3, 0.4) is 0 Å². The van der Waals surface area contributed by atoms with Crippen LogP contribution in [0.15, 0.2) is 36.2 Å². The standard InChI is InChI=1S/C17H24NO/c1-11-8-12(2)16-13(3)15(11)10-19-17(16)14-6-5-7-18(4)9-14/h5-9,11,13,15-17H,10H2,1-4H3/q+1/t11-,13+,15+,16-,17-/m0/s1. The summed E-state index contributed by atoms with van der Waals surface area (Å²) in [6, 6.07) is 4.31. The Balaban J connectivity index is 1.98. The van der Waals surface area contributed by atoms with Crippen molar-refractivity contribution in [1.29, 1.82) is 0 Å². The molecule has 3 rings (SSSR count). The van der Waals surface area contributed by atoms with Gasteiger partial charge in [0.15, 0.2) is 12.4 Å². The topological polar surface area (TPSA) is 13.1 Å². The fraction of sp³-hybridized carbons (Fsp3) is 0.588. The van der Waals surface area contributed by atoms with E-state index in [9.17, 15) is 0 Å². The third kappa shape index (κ3) is 2.12. The second-order valence-electron chi connectivity index (χ2n) is 6.38. The molecule has 102 valence electrons. The number of rotatable bonds is 1. The minimum Gasteiger partial charge on any atom is -0.372 e. The predicted octanol–water partition coefficient (Wildman–Crippen LogP) is 3.05. The Morgan fingerprint density at radius 2 is 2.11 bits per heavy atom. The Kier molecular flexibility index (Phi) is 3.22. The lowest BCUT2D eigenvalue weighted by Crippen LogP contribution is -2.43. The molecule has 1 fully saturated rings. The lowest BCUT2D eigenvalue weighted by molar-refractivity contribution is -0.672. The number of pyridine rings is 1. The molecule has 0 aromatic carbocycles. The van der Waals surface area contributed by atoms with Crippen LogP contribution >= 0.6 is 0 Å². The maximum absolute atomic E-state index is 6.24. The summed E-state index contributed by atoms with van der Waals surface area (Å²) in [5, 5.41) is 0. The molecule has 1 aliphatic carbocycles. The first-order valence-corrected chi connectivity index (χ1v) is 7.33. The molecule has 1 aromatic rings. The van der Waals surface area contributed by atoms with Gasteiger partial charge in [-0.05, 0) is 30.7 Å². The van der Waals surface area contributed by atoms with Crippen molar-refractivity contribution < 1.29 is 9.30 Å². The molecule has 0 radical (unpaired) electrons. The number of fused-ring (bicyclic) bond motifs is 2. The number of aryl methyl sites for hydroxylation is 1. The number of hydrogen-bond donors (Lipinski definition) is 0. The summed E-state index contributed by atoms with van der Waals surface area (Å²) in [6.45, 7) is 7.90. The molecule has 1 saturated heterocycles. The largest absolute Gasteiger partial charge is 0.372 e. The van der Waals surface area contributed by atoms with Gasteiger partial charge in [0.05, 0.1) is 12.7 Å². The summed E-state index contributed by atoms with van der Waals surface area (Å²) in [6.07, 6.45) is 6.96. The van der Waals surface area contributed by atoms with Gasteiger partial charge in [-0.1, -0.05) is 25.5 Å². The molecule has 2 heterocycles. The minimum atomic E-state index is 0.224. The van der Waals surface area contributed by atoms with E-state index in [1.165, 1.54) is 11.1 Å². The molecule has 0 amide bonds. The molecule has 0 spiro atoms. The van der Waals surface area contributed by atoms with Crippen LogP contribution in [0, 0.1) is 23.7 Å². The number of hydrogen-bond acceptors (Lipinski definition) is 1. The van der Waals surface area contributed by atoms with E-state index in [2.05, 4.69) is 63.0 Å². The monoisotopic (exact) mass is 258 g/mol. The van der Waals surface area contributed by atoms with E-state index in [-0.39, 0.29) is 6.10 Å². The van der Waals surface area contributed by atoms with Gasteiger partial charge in [-0.2, -0.15) is 0 Å². The Morgan fingerprint density at radius 1 is 1.32 bits per heavy atom. The molecule has 0 saturated carbocycles. The van der Waals surface area contributed by atoms with Gasteiger partial charge in [-0.15, -0.1) is 0 Å². The van der Waals surface area contributed by atoms with Gasteiger partial charge < -0.3 is 4.74 Å². The van der Waals surface area contributed by atoms with Crippen LogP contribution in [0.4, 0.5) is 0 Å². The van der Waals surface area contributed by atoms with Gasteiger partial charge in [0.2, 0.25) is 0 Å². The summed E-state index contributed by atoms with van der Waals surface area (Å²) < 4.78 is 8.35. The van der Waals surface area contributed by atoms with Crippen LogP contribution < -0.4 is 4.57 Å². The van der Waals surface area contributed by atoms with Crippen molar-refractivity contribution in [1.82, 2.24) is 0 Å². The van der Waals surface area contributed by atoms with Crippen molar-refractivity contribution in [2.75, 3.05) is 6.61 Å². The fourth-order valence-electron chi connectivity index (χ4n) is 4.03. The lowest BCUT2D eigenvalue weighted by atomic mass is 9.65. The van der Waals surface area contributed by atoms with Gasteiger partial charge in [-0.3, -0.25) is 0 Å². The van der Waals surface area contributed by atoms with Gasteiger partial charge in [0, 0.05) is 17.5 Å². The molecule has 1 aliphatic heterocycles. The van der Waals surface area contributed by atoms with E-state index in [4.69, 9.17) is 4.74 Å². The highest BCUT2D eigenvalue weighted by atomic mass is 16.5. The number of ether oxygens (including phenoxy) is 1. The molecule has 19 heavy (non-hydrogen) atoms. The van der Waals surface area contributed by atoms with Crippen molar-refractivity contribution in [2.45, 2.75) is 26.9 Å². The summed E-state index contributed by atoms with van der Waals surface area (Å²) in [5.74, 6) is 2.59. The molecule has 0 N–H and O–H groups in total. The molecular formula is C17H24NO+. The molecule has 2 nitrogen and oxygen atoms in total. The zero-order valence-electron chi connectivity index (χ0n) is 12.3. The Hall–Kier alpha value is -1.15. The highest BCUT2D eigenvalue weighted by Crippen LogP contribution is 2.49. The second kappa shape index (κ2) is 4.75. The van der Waals surface area contributed by atoms with Crippen LogP contribution in [0.25, 0.3) is 0 Å². The fourth-order valence-corrected chi connectivity index (χ4v) is 4.03. The van der Waals surface area contributed by atoms with Crippen LogP contribution in [0.5, 0.6) is 0 Å². The highest BCUT2D eigenvalue weighted by molar-refractivity contribution is 5.22. The maximum atomic E-state index is 6.24. The lowest BCUT2D eigenvalue weighted by Gasteiger charge is -2.47. The molecule has 0 unspecified atom stereocenters. The van der Waals surface area contributed by atoms with Crippen LogP contribution in [-0.4, -0.2) is 6.61 Å². The summed E-state index contributed by atoms with van der Waals surface area (Å²) in [4.78, 5) is 0. The third-order valence-corrected chi connectivity index (χ3v) is 5.05. The van der Waals surface area contributed by atoms with Gasteiger partial charge in [-0.25, -0.2) is 4.57 Å². The zero-order valence-corrected chi connectivity index (χ0v) is 12.3. The predicted molar refractivity (Wildman–Crippen MR) is 75.4 cm³/mol.